The van der Waals surface area contributed by atoms with Gasteiger partial charge in [-0.15, -0.1) is 0 Å². The summed E-state index contributed by atoms with van der Waals surface area (Å²) in [7, 11) is 3.51. The Morgan fingerprint density at radius 3 is 2.66 bits per heavy atom. The number of aryl methyl sites for hydroxylation is 1. The molecule has 1 spiro atoms. The molecule has 3 amide bonds. The lowest BCUT2D eigenvalue weighted by atomic mass is 9.80. The number of nitrogens with zero attached hydrogens (tertiary/aromatic N) is 4. The van der Waals surface area contributed by atoms with Gasteiger partial charge in [0.15, 0.2) is 0 Å². The van der Waals surface area contributed by atoms with Crippen molar-refractivity contribution in [2.24, 2.45) is 5.92 Å². The lowest BCUT2D eigenvalue weighted by molar-refractivity contribution is -0.148. The third kappa shape index (κ3) is 3.63. The summed E-state index contributed by atoms with van der Waals surface area (Å²) < 4.78 is 5.66. The van der Waals surface area contributed by atoms with E-state index >= 15 is 0 Å². The molecular formula is C20H30N6O3. The van der Waals surface area contributed by atoms with Gasteiger partial charge in [-0.25, -0.2) is 14.8 Å². The van der Waals surface area contributed by atoms with E-state index in [2.05, 4.69) is 27.5 Å². The second-order valence-corrected chi connectivity index (χ2v) is 8.44. The molecule has 1 saturated carbocycles. The molecule has 0 unspecified atom stereocenters. The Morgan fingerprint density at radius 2 is 2.07 bits per heavy atom. The van der Waals surface area contributed by atoms with Crippen molar-refractivity contribution in [1.29, 1.82) is 0 Å². The predicted molar refractivity (Wildman–Crippen MR) is 107 cm³/mol. The van der Waals surface area contributed by atoms with Gasteiger partial charge in [-0.1, -0.05) is 6.92 Å². The third-order valence-corrected chi connectivity index (χ3v) is 6.73. The number of urea groups is 1. The molecule has 9 heteroatoms. The highest BCUT2D eigenvalue weighted by Gasteiger charge is 2.54. The molecule has 1 aromatic rings. The number of anilines is 1. The minimum atomic E-state index is -0.233. The van der Waals surface area contributed by atoms with Crippen LogP contribution in [-0.2, 0) is 16.0 Å². The van der Waals surface area contributed by atoms with E-state index in [9.17, 15) is 9.59 Å². The van der Waals surface area contributed by atoms with Gasteiger partial charge in [0, 0.05) is 52.1 Å². The number of carbonyl (C=O) groups is 2. The van der Waals surface area contributed by atoms with Gasteiger partial charge in [0.05, 0.1) is 17.7 Å². The zero-order valence-corrected chi connectivity index (χ0v) is 17.4. The first-order valence-electron chi connectivity index (χ1n) is 10.4. The maximum atomic E-state index is 13.1. The van der Waals surface area contributed by atoms with Crippen molar-refractivity contribution in [1.82, 2.24) is 25.1 Å². The highest BCUT2D eigenvalue weighted by Crippen LogP contribution is 2.35. The molecule has 158 valence electrons. The van der Waals surface area contributed by atoms with Crippen LogP contribution in [0.15, 0.2) is 12.4 Å². The van der Waals surface area contributed by atoms with Crippen LogP contribution in [0.3, 0.4) is 0 Å². The first kappa shape index (κ1) is 19.9. The van der Waals surface area contributed by atoms with Gasteiger partial charge in [-0.2, -0.15) is 0 Å². The van der Waals surface area contributed by atoms with Crippen LogP contribution in [0, 0.1) is 5.92 Å². The van der Waals surface area contributed by atoms with Gasteiger partial charge in [-0.05, 0) is 31.2 Å². The maximum absolute atomic E-state index is 13.1. The van der Waals surface area contributed by atoms with Crippen molar-refractivity contribution in [3.63, 3.8) is 0 Å². The Bertz CT molecular complexity index is 764. The lowest BCUT2D eigenvalue weighted by Crippen LogP contribution is -2.71. The molecule has 3 aliphatic rings. The van der Waals surface area contributed by atoms with Crippen molar-refractivity contribution in [2.75, 3.05) is 39.1 Å². The Balaban J connectivity index is 1.37. The fourth-order valence-electron chi connectivity index (χ4n) is 4.67. The van der Waals surface area contributed by atoms with Gasteiger partial charge < -0.3 is 25.2 Å². The molecule has 4 rings (SSSR count). The zero-order chi connectivity index (χ0) is 20.6. The van der Waals surface area contributed by atoms with Gasteiger partial charge in [0.2, 0.25) is 11.9 Å². The molecule has 1 aliphatic carbocycles. The standard InChI is InChI=1S/C20H30N6O3/c1-4-13-8-21-18(22-9-13)24-15-7-14(5-6-16(15)29-3)17(27)26-11-20(12-26)10-23-19(28)25(20)2/h8-9,14-16H,4-7,10-12H2,1-3H3,(H,23,28)(H,21,22,24)/t14-,15+,16+/m0/s1. The van der Waals surface area contributed by atoms with Crippen molar-refractivity contribution in [3.05, 3.63) is 18.0 Å². The molecule has 2 saturated heterocycles. The number of likely N-dealkylation sites (N-methyl/N-ethyl adjacent to an activating group) is 1. The van der Waals surface area contributed by atoms with E-state index in [0.29, 0.717) is 32.0 Å². The molecule has 9 nitrogen and oxygen atoms in total. The Morgan fingerprint density at radius 1 is 1.34 bits per heavy atom. The number of hydrogen-bond acceptors (Lipinski definition) is 6. The number of aromatic nitrogens is 2. The molecule has 3 fully saturated rings. The molecule has 2 aliphatic heterocycles. The highest BCUT2D eigenvalue weighted by molar-refractivity contribution is 5.83. The second-order valence-electron chi connectivity index (χ2n) is 8.44. The smallest absolute Gasteiger partial charge is 0.317 e. The SMILES string of the molecule is CCc1cnc(N[C@@H]2C[C@@H](C(=O)N3CC4(CNC(=O)N4C)C3)CC[C@H]2OC)nc1. The third-order valence-electron chi connectivity index (χ3n) is 6.73. The Kier molecular flexibility index (Phi) is 5.33. The van der Waals surface area contributed by atoms with Crippen molar-refractivity contribution < 1.29 is 14.3 Å². The number of rotatable bonds is 5. The van der Waals surface area contributed by atoms with E-state index in [1.807, 2.05) is 17.3 Å². The van der Waals surface area contributed by atoms with Crippen LogP contribution in [0.5, 0.6) is 0 Å². The number of likely N-dealkylation sites (tertiary alicyclic amines) is 1. The molecule has 3 heterocycles. The predicted octanol–water partition coefficient (Wildman–Crippen LogP) is 0.871. The molecule has 0 bridgehead atoms. The average molecular weight is 402 g/mol. The number of carbonyl (C=O) groups excluding carboxylic acids is 2. The minimum absolute atomic E-state index is 0.0113. The number of hydrogen-bond donors (Lipinski definition) is 2. The summed E-state index contributed by atoms with van der Waals surface area (Å²) in [6.45, 7) is 3.88. The van der Waals surface area contributed by atoms with Crippen LogP contribution >= 0.6 is 0 Å². The highest BCUT2D eigenvalue weighted by atomic mass is 16.5. The monoisotopic (exact) mass is 402 g/mol. The largest absolute Gasteiger partial charge is 0.379 e. The minimum Gasteiger partial charge on any atom is -0.379 e. The first-order chi connectivity index (χ1) is 14.0. The Hall–Kier alpha value is -2.42. The van der Waals surface area contributed by atoms with Gasteiger partial charge in [0.25, 0.3) is 0 Å². The number of ether oxygens (including phenoxy) is 1. The summed E-state index contributed by atoms with van der Waals surface area (Å²) in [4.78, 5) is 37.3. The van der Waals surface area contributed by atoms with Crippen molar-refractivity contribution in [3.8, 4) is 0 Å². The van der Waals surface area contributed by atoms with Crippen molar-refractivity contribution >= 4 is 17.9 Å². The van der Waals surface area contributed by atoms with Crippen LogP contribution in [0.25, 0.3) is 0 Å². The number of nitrogens with one attached hydrogen (secondary N) is 2. The lowest BCUT2D eigenvalue weighted by Gasteiger charge is -2.51. The fourth-order valence-corrected chi connectivity index (χ4v) is 4.67. The molecule has 29 heavy (non-hydrogen) atoms. The summed E-state index contributed by atoms with van der Waals surface area (Å²) in [5.74, 6) is 0.691. The number of methoxy groups -OCH3 is 1. The quantitative estimate of drug-likeness (QED) is 0.758. The normalized spacial score (nSPS) is 28.2. The molecule has 0 aromatic carbocycles. The molecular weight excluding hydrogens is 372 g/mol. The van der Waals surface area contributed by atoms with Crippen LogP contribution < -0.4 is 10.6 Å². The van der Waals surface area contributed by atoms with E-state index in [0.717, 1.165) is 24.8 Å². The Labute approximate surface area is 171 Å². The molecule has 2 N–H and O–H groups in total. The average Bonchev–Trinajstić information content (AvgIpc) is 3.02. The summed E-state index contributed by atoms with van der Waals surface area (Å²) >= 11 is 0. The topological polar surface area (TPSA) is 99.7 Å². The van der Waals surface area contributed by atoms with E-state index in [1.54, 1.807) is 19.1 Å². The van der Waals surface area contributed by atoms with Crippen LogP contribution in [0.2, 0.25) is 0 Å². The summed E-state index contributed by atoms with van der Waals surface area (Å²) in [5.41, 5.74) is 0.857. The van der Waals surface area contributed by atoms with E-state index in [-0.39, 0.29) is 35.5 Å². The van der Waals surface area contributed by atoms with Crippen LogP contribution in [0.4, 0.5) is 10.7 Å². The summed E-state index contributed by atoms with van der Waals surface area (Å²) in [6, 6.07) is -0.0705. The molecule has 3 atom stereocenters. The number of amides is 3. The van der Waals surface area contributed by atoms with Gasteiger partial charge in [0.1, 0.15) is 0 Å². The van der Waals surface area contributed by atoms with Crippen LogP contribution in [0.1, 0.15) is 31.7 Å². The fraction of sp³-hybridized carbons (Fsp3) is 0.700. The molecule has 0 radical (unpaired) electrons. The van der Waals surface area contributed by atoms with E-state index in [1.165, 1.54) is 0 Å². The van der Waals surface area contributed by atoms with Crippen LogP contribution in [-0.4, -0.2) is 83.2 Å². The zero-order valence-electron chi connectivity index (χ0n) is 17.4. The molecule has 1 aromatic heterocycles. The summed E-state index contributed by atoms with van der Waals surface area (Å²) in [5, 5.41) is 6.24. The van der Waals surface area contributed by atoms with E-state index < -0.39 is 0 Å². The van der Waals surface area contributed by atoms with Crippen molar-refractivity contribution in [2.45, 2.75) is 50.3 Å². The van der Waals surface area contributed by atoms with E-state index in [4.69, 9.17) is 4.74 Å². The van der Waals surface area contributed by atoms with Gasteiger partial charge >= 0.3 is 6.03 Å². The summed E-state index contributed by atoms with van der Waals surface area (Å²) in [6.07, 6.45) is 6.89. The maximum Gasteiger partial charge on any atom is 0.317 e. The first-order valence-corrected chi connectivity index (χ1v) is 10.4. The van der Waals surface area contributed by atoms with Gasteiger partial charge in [-0.3, -0.25) is 4.79 Å². The second kappa shape index (κ2) is 7.78.